The Morgan fingerprint density at radius 1 is 0.432 bits per heavy atom. The van der Waals surface area contributed by atoms with Crippen LogP contribution in [0.25, 0.3) is 24.3 Å². The highest BCUT2D eigenvalue weighted by Crippen LogP contribution is 2.38. The van der Waals surface area contributed by atoms with Gasteiger partial charge in [-0.05, 0) is 70.8 Å². The zero-order valence-corrected chi connectivity index (χ0v) is 22.3. The lowest BCUT2D eigenvalue weighted by molar-refractivity contribution is 0.413. The van der Waals surface area contributed by atoms with Crippen molar-refractivity contribution in [2.75, 3.05) is 28.4 Å². The normalized spacial score (nSPS) is 11.1. The van der Waals surface area contributed by atoms with E-state index in [0.29, 0.717) is 0 Å². The Labute approximate surface area is 223 Å². The van der Waals surface area contributed by atoms with Gasteiger partial charge in [0.2, 0.25) is 0 Å². The number of ether oxygens (including phenoxy) is 4. The summed E-state index contributed by atoms with van der Waals surface area (Å²) in [6.45, 7) is 0. The predicted molar refractivity (Wildman–Crippen MR) is 154 cm³/mol. The van der Waals surface area contributed by atoms with E-state index >= 15 is 0 Å². The van der Waals surface area contributed by atoms with Crippen molar-refractivity contribution in [3.8, 4) is 23.0 Å². The molecule has 0 heterocycles. The summed E-state index contributed by atoms with van der Waals surface area (Å²) < 4.78 is 21.6. The van der Waals surface area contributed by atoms with Crippen molar-refractivity contribution < 1.29 is 18.9 Å². The van der Waals surface area contributed by atoms with Gasteiger partial charge in [-0.25, -0.2) is 0 Å². The number of methoxy groups -OCH3 is 4. The Hall–Kier alpha value is -4.09. The summed E-state index contributed by atoms with van der Waals surface area (Å²) in [4.78, 5) is 2.16. The summed E-state index contributed by atoms with van der Waals surface area (Å²) in [5, 5.41) is 0. The van der Waals surface area contributed by atoms with Gasteiger partial charge < -0.3 is 18.9 Å². The van der Waals surface area contributed by atoms with Gasteiger partial charge in [0.1, 0.15) is 23.0 Å². The summed E-state index contributed by atoms with van der Waals surface area (Å²) in [5.74, 6) is 3.29. The smallest absolute Gasteiger partial charge is 0.120 e. The fourth-order valence-electron chi connectivity index (χ4n) is 3.66. The molecule has 188 valence electrons. The maximum Gasteiger partial charge on any atom is 0.120 e. The molecular weight excluding hydrogens is 480 g/mol. The molecule has 0 fully saturated rings. The van der Waals surface area contributed by atoms with Crippen molar-refractivity contribution in [1.82, 2.24) is 0 Å². The average Bonchev–Trinajstić information content (AvgIpc) is 2.96. The molecule has 0 aliphatic carbocycles. The topological polar surface area (TPSA) is 36.9 Å². The summed E-state index contributed by atoms with van der Waals surface area (Å²) in [5.41, 5.74) is 4.37. The van der Waals surface area contributed by atoms with E-state index in [0.717, 1.165) is 55.0 Å². The van der Waals surface area contributed by atoms with E-state index in [9.17, 15) is 0 Å². The zero-order chi connectivity index (χ0) is 26.0. The molecule has 4 aromatic rings. The molecular formula is C32H30O4S. The number of hydrogen-bond donors (Lipinski definition) is 0. The van der Waals surface area contributed by atoms with Gasteiger partial charge in [0, 0.05) is 9.79 Å². The fraction of sp³-hybridized carbons (Fsp3) is 0.125. The number of rotatable bonds is 10. The lowest BCUT2D eigenvalue weighted by Crippen LogP contribution is -1.89. The third-order valence-electron chi connectivity index (χ3n) is 5.80. The monoisotopic (exact) mass is 510 g/mol. The molecule has 0 N–H and O–H groups in total. The van der Waals surface area contributed by atoms with Crippen LogP contribution in [-0.4, -0.2) is 28.4 Å². The lowest BCUT2D eigenvalue weighted by atomic mass is 10.1. The second-order valence-electron chi connectivity index (χ2n) is 8.12. The van der Waals surface area contributed by atoms with Gasteiger partial charge in [-0.3, -0.25) is 0 Å². The van der Waals surface area contributed by atoms with Gasteiger partial charge in [-0.1, -0.05) is 72.5 Å². The molecule has 0 aliphatic heterocycles. The second-order valence-corrected chi connectivity index (χ2v) is 9.21. The Morgan fingerprint density at radius 3 is 1.14 bits per heavy atom. The Bertz CT molecular complexity index is 1270. The molecule has 0 bridgehead atoms. The van der Waals surface area contributed by atoms with Gasteiger partial charge in [-0.2, -0.15) is 0 Å². The van der Waals surface area contributed by atoms with Crippen LogP contribution in [0, 0.1) is 0 Å². The van der Waals surface area contributed by atoms with Crippen LogP contribution >= 0.6 is 11.8 Å². The zero-order valence-electron chi connectivity index (χ0n) is 21.4. The first-order chi connectivity index (χ1) is 18.1. The largest absolute Gasteiger partial charge is 0.497 e. The Morgan fingerprint density at radius 2 is 0.784 bits per heavy atom. The molecule has 0 saturated heterocycles. The first-order valence-corrected chi connectivity index (χ1v) is 12.6. The first kappa shape index (κ1) is 26.0. The van der Waals surface area contributed by atoms with E-state index in [-0.39, 0.29) is 0 Å². The third kappa shape index (κ3) is 6.99. The summed E-state index contributed by atoms with van der Waals surface area (Å²) >= 11 is 1.68. The van der Waals surface area contributed by atoms with Crippen LogP contribution in [0.4, 0.5) is 0 Å². The number of benzene rings is 4. The van der Waals surface area contributed by atoms with E-state index in [1.165, 1.54) is 0 Å². The van der Waals surface area contributed by atoms with Crippen LogP contribution in [0.15, 0.2) is 94.7 Å². The standard InChI is InChI=1S/C32H30O4S/c1-33-27-15-7-23(8-16-27)5-11-25-13-19-29(35-3)21-31(25)37-32-22-30(36-4)20-14-26(32)12-6-24-9-17-28(34-2)18-10-24/h5-22H,1-4H3/b11-5+,12-6+. The lowest BCUT2D eigenvalue weighted by Gasteiger charge is -2.12. The molecule has 0 unspecified atom stereocenters. The maximum absolute atomic E-state index is 5.53. The number of hydrogen-bond acceptors (Lipinski definition) is 5. The predicted octanol–water partition coefficient (Wildman–Crippen LogP) is 8.21. The molecule has 4 nitrogen and oxygen atoms in total. The minimum absolute atomic E-state index is 0.808. The van der Waals surface area contributed by atoms with Crippen molar-refractivity contribution in [3.63, 3.8) is 0 Å². The minimum Gasteiger partial charge on any atom is -0.497 e. The highest BCUT2D eigenvalue weighted by molar-refractivity contribution is 7.99. The summed E-state index contributed by atoms with van der Waals surface area (Å²) in [6.07, 6.45) is 8.44. The van der Waals surface area contributed by atoms with Crippen LogP contribution in [0.3, 0.4) is 0 Å². The summed E-state index contributed by atoms with van der Waals surface area (Å²) in [6, 6.07) is 28.2. The van der Waals surface area contributed by atoms with Crippen LogP contribution in [-0.2, 0) is 0 Å². The van der Waals surface area contributed by atoms with Crippen molar-refractivity contribution in [2.24, 2.45) is 0 Å². The molecule has 0 aromatic heterocycles. The second kappa shape index (κ2) is 12.7. The van der Waals surface area contributed by atoms with Crippen molar-refractivity contribution in [1.29, 1.82) is 0 Å². The van der Waals surface area contributed by atoms with E-state index in [1.54, 1.807) is 40.2 Å². The molecule has 0 aliphatic rings. The molecule has 0 spiro atoms. The molecule has 0 saturated carbocycles. The van der Waals surface area contributed by atoms with Gasteiger partial charge in [-0.15, -0.1) is 0 Å². The quantitative estimate of drug-likeness (QED) is 0.201. The first-order valence-electron chi connectivity index (χ1n) is 11.8. The van der Waals surface area contributed by atoms with Gasteiger partial charge in [0.25, 0.3) is 0 Å². The minimum atomic E-state index is 0.808. The molecule has 0 radical (unpaired) electrons. The maximum atomic E-state index is 5.53. The molecule has 37 heavy (non-hydrogen) atoms. The van der Waals surface area contributed by atoms with Crippen LogP contribution in [0.5, 0.6) is 23.0 Å². The SMILES string of the molecule is COc1ccc(/C=C/c2ccc(OC)cc2Sc2cc(OC)ccc2/C=C/c2ccc(OC)cc2)cc1. The van der Waals surface area contributed by atoms with Crippen molar-refractivity contribution >= 4 is 36.1 Å². The van der Waals surface area contributed by atoms with Crippen LogP contribution < -0.4 is 18.9 Å². The van der Waals surface area contributed by atoms with E-state index in [1.807, 2.05) is 60.7 Å². The van der Waals surface area contributed by atoms with E-state index in [4.69, 9.17) is 18.9 Å². The van der Waals surface area contributed by atoms with Gasteiger partial charge >= 0.3 is 0 Å². The third-order valence-corrected chi connectivity index (χ3v) is 6.95. The highest BCUT2D eigenvalue weighted by atomic mass is 32.2. The highest BCUT2D eigenvalue weighted by Gasteiger charge is 2.10. The van der Waals surface area contributed by atoms with Gasteiger partial charge in [0.05, 0.1) is 28.4 Å². The Kier molecular flexibility index (Phi) is 8.95. The molecule has 4 rings (SSSR count). The van der Waals surface area contributed by atoms with Crippen LogP contribution in [0.1, 0.15) is 22.3 Å². The molecule has 0 atom stereocenters. The van der Waals surface area contributed by atoms with E-state index in [2.05, 4.69) is 48.6 Å². The van der Waals surface area contributed by atoms with Crippen molar-refractivity contribution in [2.45, 2.75) is 9.79 Å². The summed E-state index contributed by atoms with van der Waals surface area (Å²) in [7, 11) is 6.71. The molecule has 4 aromatic carbocycles. The Balaban J connectivity index is 1.66. The molecule has 0 amide bonds. The van der Waals surface area contributed by atoms with Crippen LogP contribution in [0.2, 0.25) is 0 Å². The van der Waals surface area contributed by atoms with E-state index < -0.39 is 0 Å². The fourth-order valence-corrected chi connectivity index (χ4v) is 4.75. The van der Waals surface area contributed by atoms with Gasteiger partial charge in [0.15, 0.2) is 0 Å². The average molecular weight is 511 g/mol. The molecule has 5 heteroatoms. The van der Waals surface area contributed by atoms with Crippen molar-refractivity contribution in [3.05, 3.63) is 107 Å².